The zero-order valence-electron chi connectivity index (χ0n) is 15.5. The number of carbonyl (C=O) groups excluding carboxylic acids is 3. The fourth-order valence-corrected chi connectivity index (χ4v) is 2.62. The highest BCUT2D eigenvalue weighted by atomic mass is 16.5. The van der Waals surface area contributed by atoms with Crippen LogP contribution in [-0.2, 0) is 4.79 Å². The van der Waals surface area contributed by atoms with E-state index in [1.807, 2.05) is 0 Å². The minimum Gasteiger partial charge on any atom is -0.507 e. The smallest absolute Gasteiger partial charge is 0.308 e. The molecule has 0 aliphatic heterocycles. The number of hydrogen-bond donors (Lipinski definition) is 3. The Bertz CT molecular complexity index is 1080. The Labute approximate surface area is 166 Å². The van der Waals surface area contributed by atoms with E-state index in [1.165, 1.54) is 25.1 Å². The Kier molecular flexibility index (Phi) is 5.89. The summed E-state index contributed by atoms with van der Waals surface area (Å²) >= 11 is 0. The number of amides is 2. The summed E-state index contributed by atoms with van der Waals surface area (Å²) < 4.78 is 4.99. The van der Waals surface area contributed by atoms with Crippen LogP contribution in [0.4, 0.5) is 11.4 Å². The van der Waals surface area contributed by atoms with E-state index in [0.29, 0.717) is 11.4 Å². The molecule has 0 bridgehead atoms. The second-order valence-electron chi connectivity index (χ2n) is 6.09. The molecular weight excluding hydrogens is 372 g/mol. The number of carbonyl (C=O) groups is 3. The third kappa shape index (κ3) is 4.98. The van der Waals surface area contributed by atoms with Crippen molar-refractivity contribution < 1.29 is 24.2 Å². The molecule has 3 N–H and O–H groups in total. The number of esters is 1. The van der Waals surface area contributed by atoms with Crippen LogP contribution in [0.1, 0.15) is 27.6 Å². The summed E-state index contributed by atoms with van der Waals surface area (Å²) in [6.45, 7) is 1.27. The van der Waals surface area contributed by atoms with Gasteiger partial charge in [0.2, 0.25) is 0 Å². The van der Waals surface area contributed by atoms with Crippen molar-refractivity contribution in [2.75, 3.05) is 10.6 Å². The van der Waals surface area contributed by atoms with Crippen molar-refractivity contribution in [2.24, 2.45) is 0 Å². The highest BCUT2D eigenvalue weighted by Gasteiger charge is 2.14. The van der Waals surface area contributed by atoms with Gasteiger partial charge in [-0.1, -0.05) is 30.3 Å². The van der Waals surface area contributed by atoms with Gasteiger partial charge in [-0.05, 0) is 42.5 Å². The molecule has 0 saturated carbocycles. The molecule has 2 amide bonds. The van der Waals surface area contributed by atoms with Crippen molar-refractivity contribution in [3.63, 3.8) is 0 Å². The second-order valence-corrected chi connectivity index (χ2v) is 6.09. The van der Waals surface area contributed by atoms with Gasteiger partial charge in [0, 0.05) is 12.5 Å². The van der Waals surface area contributed by atoms with Gasteiger partial charge in [-0.3, -0.25) is 14.4 Å². The lowest BCUT2D eigenvalue weighted by molar-refractivity contribution is -0.131. The van der Waals surface area contributed by atoms with E-state index in [1.54, 1.807) is 54.6 Å². The number of ether oxygens (including phenoxy) is 1. The van der Waals surface area contributed by atoms with Crippen LogP contribution in [-0.4, -0.2) is 22.9 Å². The Morgan fingerprint density at radius 3 is 2.07 bits per heavy atom. The standard InChI is InChI=1S/C22H18N2O5/c1-14(25)29-16-8-6-7-15(13-16)21(27)23-18-10-3-4-11-19(18)24-22(28)17-9-2-5-12-20(17)26/h2-13,26H,1H3,(H,23,27)(H,24,28). The summed E-state index contributed by atoms with van der Waals surface area (Å²) in [5.41, 5.74) is 1.14. The molecule has 0 atom stereocenters. The van der Waals surface area contributed by atoms with E-state index in [9.17, 15) is 19.5 Å². The molecule has 0 unspecified atom stereocenters. The molecule has 7 nitrogen and oxygen atoms in total. The summed E-state index contributed by atoms with van der Waals surface area (Å²) in [4.78, 5) is 36.2. The van der Waals surface area contributed by atoms with Gasteiger partial charge in [-0.15, -0.1) is 0 Å². The molecule has 0 aromatic heterocycles. The molecule has 7 heteroatoms. The van der Waals surface area contributed by atoms with Gasteiger partial charge >= 0.3 is 5.97 Å². The number of anilines is 2. The molecule has 0 spiro atoms. The van der Waals surface area contributed by atoms with Crippen LogP contribution >= 0.6 is 0 Å². The van der Waals surface area contributed by atoms with Crippen LogP contribution in [0, 0.1) is 0 Å². The maximum atomic E-state index is 12.6. The predicted octanol–water partition coefficient (Wildman–Crippen LogP) is 3.82. The molecule has 3 rings (SSSR count). The number of phenolic OH excluding ortho intramolecular Hbond substituents is 1. The monoisotopic (exact) mass is 390 g/mol. The Morgan fingerprint density at radius 2 is 1.41 bits per heavy atom. The summed E-state index contributed by atoms with van der Waals surface area (Å²) in [6.07, 6.45) is 0. The third-order valence-corrected chi connectivity index (χ3v) is 3.93. The van der Waals surface area contributed by atoms with Gasteiger partial charge in [0.25, 0.3) is 11.8 Å². The van der Waals surface area contributed by atoms with Crippen molar-refractivity contribution in [2.45, 2.75) is 6.92 Å². The van der Waals surface area contributed by atoms with Crippen molar-refractivity contribution in [3.8, 4) is 11.5 Å². The number of hydrogen-bond acceptors (Lipinski definition) is 5. The van der Waals surface area contributed by atoms with Crippen LogP contribution in [0.2, 0.25) is 0 Å². The number of benzene rings is 3. The molecule has 146 valence electrons. The highest BCUT2D eigenvalue weighted by molar-refractivity contribution is 6.10. The second kappa shape index (κ2) is 8.71. The first-order valence-electron chi connectivity index (χ1n) is 8.72. The molecule has 3 aromatic rings. The van der Waals surface area contributed by atoms with Gasteiger partial charge in [0.15, 0.2) is 0 Å². The number of phenols is 1. The molecule has 0 aliphatic carbocycles. The van der Waals surface area contributed by atoms with Crippen molar-refractivity contribution in [1.82, 2.24) is 0 Å². The van der Waals surface area contributed by atoms with Crippen molar-refractivity contribution in [3.05, 3.63) is 83.9 Å². The first-order valence-corrected chi connectivity index (χ1v) is 8.72. The maximum Gasteiger partial charge on any atom is 0.308 e. The minimum absolute atomic E-state index is 0.114. The Hall–Kier alpha value is -4.13. The molecule has 0 aliphatic rings. The van der Waals surface area contributed by atoms with Gasteiger partial charge in [0.05, 0.1) is 16.9 Å². The van der Waals surface area contributed by atoms with E-state index >= 15 is 0 Å². The van der Waals surface area contributed by atoms with E-state index in [2.05, 4.69) is 10.6 Å². The number of aromatic hydroxyl groups is 1. The molecule has 3 aromatic carbocycles. The van der Waals surface area contributed by atoms with Crippen LogP contribution in [0.3, 0.4) is 0 Å². The average molecular weight is 390 g/mol. The molecule has 0 radical (unpaired) electrons. The van der Waals surface area contributed by atoms with E-state index < -0.39 is 17.8 Å². The zero-order valence-corrected chi connectivity index (χ0v) is 15.5. The average Bonchev–Trinajstić information content (AvgIpc) is 2.69. The third-order valence-electron chi connectivity index (χ3n) is 3.93. The van der Waals surface area contributed by atoms with Gasteiger partial charge < -0.3 is 20.5 Å². The summed E-state index contributed by atoms with van der Waals surface area (Å²) in [5.74, 6) is -1.33. The molecule has 0 heterocycles. The maximum absolute atomic E-state index is 12.6. The van der Waals surface area contributed by atoms with E-state index in [-0.39, 0.29) is 22.6 Å². The lowest BCUT2D eigenvalue weighted by Gasteiger charge is -2.13. The van der Waals surface area contributed by atoms with Crippen molar-refractivity contribution >= 4 is 29.2 Å². The molecular formula is C22H18N2O5. The number of rotatable bonds is 5. The predicted molar refractivity (Wildman–Crippen MR) is 108 cm³/mol. The first-order chi connectivity index (χ1) is 13.9. The van der Waals surface area contributed by atoms with Crippen LogP contribution in [0.5, 0.6) is 11.5 Å². The fraction of sp³-hybridized carbons (Fsp3) is 0.0455. The largest absolute Gasteiger partial charge is 0.507 e. The number of nitrogens with one attached hydrogen (secondary N) is 2. The summed E-state index contributed by atoms with van der Waals surface area (Å²) in [5, 5.41) is 15.2. The molecule has 29 heavy (non-hydrogen) atoms. The molecule has 0 fully saturated rings. The quantitative estimate of drug-likeness (QED) is 0.454. The van der Waals surface area contributed by atoms with Crippen LogP contribution < -0.4 is 15.4 Å². The lowest BCUT2D eigenvalue weighted by atomic mass is 10.1. The highest BCUT2D eigenvalue weighted by Crippen LogP contribution is 2.25. The van der Waals surface area contributed by atoms with Crippen molar-refractivity contribution in [1.29, 1.82) is 0 Å². The SMILES string of the molecule is CC(=O)Oc1cccc(C(=O)Nc2ccccc2NC(=O)c2ccccc2O)c1. The number of para-hydroxylation sites is 3. The first kappa shape index (κ1) is 19.6. The normalized spacial score (nSPS) is 10.1. The summed E-state index contributed by atoms with van der Waals surface area (Å²) in [7, 11) is 0. The van der Waals surface area contributed by atoms with Gasteiger partial charge in [-0.25, -0.2) is 0 Å². The zero-order chi connectivity index (χ0) is 20.8. The topological polar surface area (TPSA) is 105 Å². The fourth-order valence-electron chi connectivity index (χ4n) is 2.62. The van der Waals surface area contributed by atoms with Gasteiger partial charge in [-0.2, -0.15) is 0 Å². The Balaban J connectivity index is 1.79. The van der Waals surface area contributed by atoms with E-state index in [4.69, 9.17) is 4.74 Å². The van der Waals surface area contributed by atoms with E-state index in [0.717, 1.165) is 0 Å². The minimum atomic E-state index is -0.512. The molecule has 0 saturated heterocycles. The Morgan fingerprint density at radius 1 is 0.793 bits per heavy atom. The van der Waals surface area contributed by atoms with Crippen LogP contribution in [0.15, 0.2) is 72.8 Å². The van der Waals surface area contributed by atoms with Gasteiger partial charge in [0.1, 0.15) is 11.5 Å². The van der Waals surface area contributed by atoms with Crippen LogP contribution in [0.25, 0.3) is 0 Å². The lowest BCUT2D eigenvalue weighted by Crippen LogP contribution is -2.17. The summed E-state index contributed by atoms with van der Waals surface area (Å²) in [6, 6.07) is 19.0.